The van der Waals surface area contributed by atoms with Gasteiger partial charge in [0.15, 0.2) is 5.96 Å². The van der Waals surface area contributed by atoms with Crippen LogP contribution in [0.5, 0.6) is 0 Å². The average Bonchev–Trinajstić information content (AvgIpc) is 2.88. The van der Waals surface area contributed by atoms with Crippen molar-refractivity contribution in [2.24, 2.45) is 4.99 Å². The van der Waals surface area contributed by atoms with Crippen LogP contribution in [-0.4, -0.2) is 30.1 Å². The second kappa shape index (κ2) is 5.49. The highest BCUT2D eigenvalue weighted by Crippen LogP contribution is 2.19. The number of aromatic nitrogens is 1. The second-order valence-electron chi connectivity index (χ2n) is 4.74. The van der Waals surface area contributed by atoms with Crippen LogP contribution in [0.2, 0.25) is 0 Å². The highest BCUT2D eigenvalue weighted by molar-refractivity contribution is 7.09. The predicted molar refractivity (Wildman–Crippen MR) is 72.8 cm³/mol. The van der Waals surface area contributed by atoms with Gasteiger partial charge in [-0.25, -0.2) is 4.98 Å². The van der Waals surface area contributed by atoms with Crippen molar-refractivity contribution in [3.63, 3.8) is 0 Å². The molecule has 1 unspecified atom stereocenters. The number of hydrogen-bond acceptors (Lipinski definition) is 5. The second-order valence-corrected chi connectivity index (χ2v) is 5.63. The highest BCUT2D eigenvalue weighted by Gasteiger charge is 2.11. The molecule has 0 saturated carbocycles. The van der Waals surface area contributed by atoms with Gasteiger partial charge in [-0.2, -0.15) is 0 Å². The monoisotopic (exact) mass is 252 g/mol. The van der Waals surface area contributed by atoms with Crippen molar-refractivity contribution in [2.45, 2.75) is 39.2 Å². The van der Waals surface area contributed by atoms with Crippen molar-refractivity contribution in [3.8, 4) is 0 Å². The van der Waals surface area contributed by atoms with Gasteiger partial charge >= 0.3 is 0 Å². The molecule has 0 aliphatic carbocycles. The van der Waals surface area contributed by atoms with Gasteiger partial charge in [-0.1, -0.05) is 13.8 Å². The topological polar surface area (TPSA) is 49.3 Å². The number of guanidine groups is 1. The number of aliphatic imine (C=N–C) groups is 1. The van der Waals surface area contributed by atoms with Crippen molar-refractivity contribution in [1.29, 1.82) is 0 Å². The standard InChI is InChI=1S/C12H20N4S/c1-8(2)11-16-10(7-17-11)4-5-13-12-14-6-9(3)15-12/h7-9H,4-6H2,1-3H3,(H2,13,14,15). The van der Waals surface area contributed by atoms with E-state index >= 15 is 0 Å². The Kier molecular flexibility index (Phi) is 3.99. The Morgan fingerprint density at radius 2 is 2.41 bits per heavy atom. The van der Waals surface area contributed by atoms with E-state index in [-0.39, 0.29) is 0 Å². The summed E-state index contributed by atoms with van der Waals surface area (Å²) in [6, 6.07) is 0.462. The summed E-state index contributed by atoms with van der Waals surface area (Å²) in [5, 5.41) is 9.97. The molecule has 1 aliphatic rings. The van der Waals surface area contributed by atoms with Crippen LogP contribution in [-0.2, 0) is 6.42 Å². The molecule has 0 bridgehead atoms. The molecular weight excluding hydrogens is 232 g/mol. The van der Waals surface area contributed by atoms with Gasteiger partial charge in [0.2, 0.25) is 0 Å². The number of rotatable bonds is 4. The SMILES string of the molecule is CC1CN=C(NCCc2csc(C(C)C)n2)N1. The zero-order chi connectivity index (χ0) is 12.3. The molecule has 2 rings (SSSR count). The first-order valence-electron chi connectivity index (χ1n) is 6.14. The van der Waals surface area contributed by atoms with Crippen LogP contribution in [0.4, 0.5) is 0 Å². The van der Waals surface area contributed by atoms with Gasteiger partial charge in [0.25, 0.3) is 0 Å². The Hall–Kier alpha value is -1.10. The fraction of sp³-hybridized carbons (Fsp3) is 0.667. The van der Waals surface area contributed by atoms with Crippen LogP contribution in [0.1, 0.15) is 37.4 Å². The predicted octanol–water partition coefficient (Wildman–Crippen LogP) is 1.75. The van der Waals surface area contributed by atoms with Crippen LogP contribution < -0.4 is 10.6 Å². The minimum Gasteiger partial charge on any atom is -0.356 e. The van der Waals surface area contributed by atoms with Gasteiger partial charge in [-0.15, -0.1) is 11.3 Å². The van der Waals surface area contributed by atoms with Gasteiger partial charge in [-0.3, -0.25) is 4.99 Å². The molecule has 1 aliphatic heterocycles. The summed E-state index contributed by atoms with van der Waals surface area (Å²) in [7, 11) is 0. The van der Waals surface area contributed by atoms with E-state index in [4.69, 9.17) is 0 Å². The molecule has 0 radical (unpaired) electrons. The van der Waals surface area contributed by atoms with Crippen molar-refractivity contribution >= 4 is 17.3 Å². The fourth-order valence-corrected chi connectivity index (χ4v) is 2.54. The first kappa shape index (κ1) is 12.4. The van der Waals surface area contributed by atoms with Gasteiger partial charge in [-0.05, 0) is 6.92 Å². The van der Waals surface area contributed by atoms with E-state index in [1.165, 1.54) is 10.7 Å². The lowest BCUT2D eigenvalue weighted by molar-refractivity contribution is 0.711. The van der Waals surface area contributed by atoms with E-state index < -0.39 is 0 Å². The summed E-state index contributed by atoms with van der Waals surface area (Å²) in [6.07, 6.45) is 0.957. The van der Waals surface area contributed by atoms with Crippen LogP contribution in [0.3, 0.4) is 0 Å². The summed E-state index contributed by atoms with van der Waals surface area (Å²) in [6.45, 7) is 8.25. The lowest BCUT2D eigenvalue weighted by Gasteiger charge is -2.07. The molecule has 17 heavy (non-hydrogen) atoms. The zero-order valence-electron chi connectivity index (χ0n) is 10.7. The Balaban J connectivity index is 1.74. The molecule has 94 valence electrons. The summed E-state index contributed by atoms with van der Waals surface area (Å²) >= 11 is 1.76. The normalized spacial score (nSPS) is 19.3. The quantitative estimate of drug-likeness (QED) is 0.858. The van der Waals surface area contributed by atoms with Crippen LogP contribution >= 0.6 is 11.3 Å². The average molecular weight is 252 g/mol. The maximum atomic E-state index is 4.61. The molecular formula is C12H20N4S. The minimum absolute atomic E-state index is 0.462. The van der Waals surface area contributed by atoms with E-state index in [1.54, 1.807) is 11.3 Å². The van der Waals surface area contributed by atoms with E-state index in [0.29, 0.717) is 12.0 Å². The van der Waals surface area contributed by atoms with Crippen LogP contribution in [0.15, 0.2) is 10.4 Å². The van der Waals surface area contributed by atoms with E-state index in [9.17, 15) is 0 Å². The lowest BCUT2D eigenvalue weighted by Crippen LogP contribution is -2.38. The molecule has 0 saturated heterocycles. The molecule has 1 atom stereocenters. The fourth-order valence-electron chi connectivity index (χ4n) is 1.67. The summed E-state index contributed by atoms with van der Waals surface area (Å²) in [4.78, 5) is 8.97. The number of nitrogens with one attached hydrogen (secondary N) is 2. The maximum absolute atomic E-state index is 4.61. The summed E-state index contributed by atoms with van der Waals surface area (Å²) < 4.78 is 0. The molecule has 1 aromatic rings. The third kappa shape index (κ3) is 3.43. The zero-order valence-corrected chi connectivity index (χ0v) is 11.5. The maximum Gasteiger partial charge on any atom is 0.191 e. The Morgan fingerprint density at radius 1 is 1.59 bits per heavy atom. The largest absolute Gasteiger partial charge is 0.356 e. The van der Waals surface area contributed by atoms with Gasteiger partial charge < -0.3 is 10.6 Å². The number of nitrogens with zero attached hydrogens (tertiary/aromatic N) is 2. The Labute approximate surface area is 107 Å². The molecule has 4 nitrogen and oxygen atoms in total. The van der Waals surface area contributed by atoms with E-state index in [2.05, 4.69) is 46.8 Å². The molecule has 2 N–H and O–H groups in total. The third-order valence-corrected chi connectivity index (χ3v) is 3.84. The first-order chi connectivity index (χ1) is 8.15. The van der Waals surface area contributed by atoms with Crippen LogP contribution in [0.25, 0.3) is 0 Å². The Bertz CT molecular complexity index is 397. The molecule has 5 heteroatoms. The molecule has 0 spiro atoms. The lowest BCUT2D eigenvalue weighted by atomic mass is 10.2. The van der Waals surface area contributed by atoms with E-state index in [1.807, 2.05) is 0 Å². The molecule has 0 aromatic carbocycles. The number of thiazole rings is 1. The van der Waals surface area contributed by atoms with Gasteiger partial charge in [0.1, 0.15) is 0 Å². The summed E-state index contributed by atoms with van der Waals surface area (Å²) in [5.74, 6) is 1.46. The molecule has 0 amide bonds. The highest BCUT2D eigenvalue weighted by atomic mass is 32.1. The summed E-state index contributed by atoms with van der Waals surface area (Å²) in [5.41, 5.74) is 1.18. The van der Waals surface area contributed by atoms with Crippen molar-refractivity contribution in [1.82, 2.24) is 15.6 Å². The van der Waals surface area contributed by atoms with Crippen molar-refractivity contribution in [3.05, 3.63) is 16.1 Å². The van der Waals surface area contributed by atoms with Gasteiger partial charge in [0, 0.05) is 30.3 Å². The smallest absolute Gasteiger partial charge is 0.191 e. The van der Waals surface area contributed by atoms with Crippen LogP contribution in [0, 0.1) is 0 Å². The number of hydrogen-bond donors (Lipinski definition) is 2. The van der Waals surface area contributed by atoms with Gasteiger partial charge in [0.05, 0.1) is 17.2 Å². The molecule has 1 aromatic heterocycles. The van der Waals surface area contributed by atoms with Crippen molar-refractivity contribution < 1.29 is 0 Å². The molecule has 2 heterocycles. The third-order valence-electron chi connectivity index (χ3n) is 2.64. The minimum atomic E-state index is 0.462. The first-order valence-corrected chi connectivity index (χ1v) is 7.02. The Morgan fingerprint density at radius 3 is 3.00 bits per heavy atom. The van der Waals surface area contributed by atoms with E-state index in [0.717, 1.165) is 25.5 Å². The molecule has 0 fully saturated rings. The van der Waals surface area contributed by atoms with Crippen molar-refractivity contribution in [2.75, 3.05) is 13.1 Å².